The van der Waals surface area contributed by atoms with Crippen LogP contribution in [0.5, 0.6) is 5.75 Å². The number of likely N-dealkylation sites (tertiary alicyclic amines) is 1. The van der Waals surface area contributed by atoms with E-state index in [9.17, 15) is 8.78 Å². The molecule has 2 atom stereocenters. The number of hydrogen-bond acceptors (Lipinski definition) is 7. The van der Waals surface area contributed by atoms with Gasteiger partial charge in [0.15, 0.2) is 11.6 Å². The average Bonchev–Trinajstić information content (AvgIpc) is 3.75. The summed E-state index contributed by atoms with van der Waals surface area (Å²) in [6.07, 6.45) is 16.8. The second-order valence-electron chi connectivity index (χ2n) is 11.6. The van der Waals surface area contributed by atoms with E-state index >= 15 is 0 Å². The van der Waals surface area contributed by atoms with Crippen LogP contribution >= 0.6 is 0 Å². The summed E-state index contributed by atoms with van der Waals surface area (Å²) in [4.78, 5) is 17.9. The van der Waals surface area contributed by atoms with Gasteiger partial charge in [-0.1, -0.05) is 25.1 Å². The van der Waals surface area contributed by atoms with Crippen molar-refractivity contribution in [1.82, 2.24) is 19.8 Å². The molecule has 0 bridgehead atoms. The third-order valence-electron chi connectivity index (χ3n) is 8.52. The highest BCUT2D eigenvalue weighted by atomic mass is 19.1. The zero-order chi connectivity index (χ0) is 29.9. The summed E-state index contributed by atoms with van der Waals surface area (Å²) in [7, 11) is 0. The number of aromatic nitrogens is 2. The van der Waals surface area contributed by atoms with E-state index in [1.54, 1.807) is 12.1 Å². The van der Waals surface area contributed by atoms with Crippen LogP contribution in [-0.4, -0.2) is 57.9 Å². The standard InChI is InChI=1S/C34H38F2N6O/c1-3-13-41-14-5-4-8-31(41)42-15-6-7-27(42)20-43-33-32(39-21-40-34(33)37)28-17-26(35)18-30(22(28)2)38-19-25-12-11-24(16-29(25)36)23-9-10-23/h4-5,8,11-12,14,16-19,21,23,27,31H,3,6-7,9-10,13,15,20H2,1-2H3,(H2,37,39,40)/t27-,31?/m0/s1. The number of halogens is 2. The predicted molar refractivity (Wildman–Crippen MR) is 166 cm³/mol. The lowest BCUT2D eigenvalue weighted by atomic mass is 10.0. The molecular formula is C34H38F2N6O. The third-order valence-corrected chi connectivity index (χ3v) is 8.52. The van der Waals surface area contributed by atoms with Crippen molar-refractivity contribution in [2.24, 2.45) is 4.99 Å². The largest absolute Gasteiger partial charge is 0.486 e. The molecule has 0 radical (unpaired) electrons. The molecule has 2 N–H and O–H groups in total. The zero-order valence-electron chi connectivity index (χ0n) is 24.7. The minimum atomic E-state index is -0.490. The first-order chi connectivity index (χ1) is 20.9. The number of allylic oxidation sites excluding steroid dienone is 2. The van der Waals surface area contributed by atoms with Gasteiger partial charge in [0, 0.05) is 42.7 Å². The van der Waals surface area contributed by atoms with Gasteiger partial charge in [0.1, 0.15) is 36.4 Å². The highest BCUT2D eigenvalue weighted by Crippen LogP contribution is 2.41. The molecular weight excluding hydrogens is 546 g/mol. The smallest absolute Gasteiger partial charge is 0.187 e. The molecule has 43 heavy (non-hydrogen) atoms. The van der Waals surface area contributed by atoms with Crippen molar-refractivity contribution in [2.75, 3.05) is 25.4 Å². The van der Waals surface area contributed by atoms with Gasteiger partial charge in [-0.3, -0.25) is 9.89 Å². The molecule has 1 aromatic heterocycles. The fourth-order valence-electron chi connectivity index (χ4n) is 6.08. The topological polar surface area (TPSA) is 79.9 Å². The number of hydrogen-bond donors (Lipinski definition) is 1. The van der Waals surface area contributed by atoms with E-state index in [2.05, 4.69) is 56.1 Å². The number of aliphatic imine (C=N–C) groups is 1. The Kier molecular flexibility index (Phi) is 8.51. The number of anilines is 1. The van der Waals surface area contributed by atoms with Gasteiger partial charge in [-0.15, -0.1) is 0 Å². The predicted octanol–water partition coefficient (Wildman–Crippen LogP) is 6.91. The van der Waals surface area contributed by atoms with Gasteiger partial charge in [0.2, 0.25) is 0 Å². The van der Waals surface area contributed by atoms with Crippen molar-refractivity contribution in [3.05, 3.63) is 89.4 Å². The van der Waals surface area contributed by atoms with E-state index < -0.39 is 5.82 Å². The summed E-state index contributed by atoms with van der Waals surface area (Å²) in [5, 5.41) is 0. The van der Waals surface area contributed by atoms with E-state index in [0.717, 1.165) is 50.8 Å². The van der Waals surface area contributed by atoms with Crippen LogP contribution in [0.1, 0.15) is 61.6 Å². The first-order valence-electron chi connectivity index (χ1n) is 15.2. The normalized spacial score (nSPS) is 20.4. The van der Waals surface area contributed by atoms with Crippen molar-refractivity contribution >= 4 is 17.7 Å². The van der Waals surface area contributed by atoms with Crippen LogP contribution in [0.3, 0.4) is 0 Å². The van der Waals surface area contributed by atoms with Crippen molar-refractivity contribution in [3.8, 4) is 17.0 Å². The van der Waals surface area contributed by atoms with Crippen LogP contribution in [0.4, 0.5) is 20.3 Å². The van der Waals surface area contributed by atoms with Crippen LogP contribution in [0.2, 0.25) is 0 Å². The Balaban J connectivity index is 1.24. The molecule has 3 aliphatic rings. The molecule has 7 nitrogen and oxygen atoms in total. The highest BCUT2D eigenvalue weighted by molar-refractivity contribution is 5.84. The lowest BCUT2D eigenvalue weighted by molar-refractivity contribution is 0.0743. The fourth-order valence-corrected chi connectivity index (χ4v) is 6.08. The van der Waals surface area contributed by atoms with Crippen LogP contribution in [-0.2, 0) is 0 Å². The van der Waals surface area contributed by atoms with E-state index in [-0.39, 0.29) is 23.8 Å². The van der Waals surface area contributed by atoms with E-state index in [0.29, 0.717) is 46.3 Å². The van der Waals surface area contributed by atoms with Gasteiger partial charge in [-0.2, -0.15) is 0 Å². The number of nitrogen functional groups attached to an aromatic ring is 1. The lowest BCUT2D eigenvalue weighted by Gasteiger charge is -2.39. The van der Waals surface area contributed by atoms with Crippen molar-refractivity contribution in [3.63, 3.8) is 0 Å². The molecule has 224 valence electrons. The van der Waals surface area contributed by atoms with E-state index in [1.165, 1.54) is 24.7 Å². The van der Waals surface area contributed by atoms with Gasteiger partial charge in [-0.05, 0) is 86.4 Å². The Labute approximate surface area is 251 Å². The maximum atomic E-state index is 15.0. The molecule has 1 saturated carbocycles. The summed E-state index contributed by atoms with van der Waals surface area (Å²) in [5.41, 5.74) is 9.63. The van der Waals surface area contributed by atoms with Gasteiger partial charge < -0.3 is 15.4 Å². The molecule has 1 saturated heterocycles. The van der Waals surface area contributed by atoms with Crippen LogP contribution in [0, 0.1) is 18.6 Å². The molecule has 1 aliphatic carbocycles. The Morgan fingerprint density at radius 1 is 1.12 bits per heavy atom. The summed E-state index contributed by atoms with van der Waals surface area (Å²) < 4.78 is 36.1. The molecule has 3 heterocycles. The Morgan fingerprint density at radius 2 is 1.98 bits per heavy atom. The average molecular weight is 585 g/mol. The first-order valence-corrected chi connectivity index (χ1v) is 15.2. The summed E-state index contributed by atoms with van der Waals surface area (Å²) in [6.45, 7) is 6.36. The van der Waals surface area contributed by atoms with E-state index in [4.69, 9.17) is 10.5 Å². The van der Waals surface area contributed by atoms with Crippen LogP contribution in [0.15, 0.2) is 66.1 Å². The molecule has 2 aromatic carbocycles. The molecule has 0 spiro atoms. The van der Waals surface area contributed by atoms with Crippen molar-refractivity contribution in [2.45, 2.75) is 64.1 Å². The maximum Gasteiger partial charge on any atom is 0.187 e. The fraction of sp³-hybridized carbons (Fsp3) is 0.382. The van der Waals surface area contributed by atoms with Crippen LogP contribution < -0.4 is 10.5 Å². The van der Waals surface area contributed by atoms with Crippen molar-refractivity contribution in [1.29, 1.82) is 0 Å². The van der Waals surface area contributed by atoms with Gasteiger partial charge >= 0.3 is 0 Å². The number of ether oxygens (including phenoxy) is 1. The molecule has 3 aromatic rings. The van der Waals surface area contributed by atoms with E-state index in [1.807, 2.05) is 13.0 Å². The molecule has 1 unspecified atom stereocenters. The quantitative estimate of drug-likeness (QED) is 0.261. The Morgan fingerprint density at radius 3 is 2.77 bits per heavy atom. The van der Waals surface area contributed by atoms with Gasteiger partial charge in [-0.25, -0.2) is 18.7 Å². The highest BCUT2D eigenvalue weighted by Gasteiger charge is 2.33. The number of rotatable bonds is 10. The molecule has 0 amide bonds. The second-order valence-corrected chi connectivity index (χ2v) is 11.6. The summed E-state index contributed by atoms with van der Waals surface area (Å²) in [6, 6.07) is 8.14. The molecule has 6 rings (SSSR count). The maximum absolute atomic E-state index is 15.0. The lowest BCUT2D eigenvalue weighted by Crippen LogP contribution is -2.49. The summed E-state index contributed by atoms with van der Waals surface area (Å²) >= 11 is 0. The minimum Gasteiger partial charge on any atom is -0.486 e. The Bertz CT molecular complexity index is 1570. The monoisotopic (exact) mass is 584 g/mol. The Hall–Kier alpha value is -4.11. The SMILES string of the molecule is CCCN1C=CC=CC1N1CCC[C@H]1COc1c(N)ncnc1-c1cc(F)cc(N=Cc2ccc(C3CC3)cc2F)c1C. The number of nitrogens with zero attached hydrogens (tertiary/aromatic N) is 5. The third kappa shape index (κ3) is 6.32. The molecule has 2 fully saturated rings. The molecule has 9 heteroatoms. The van der Waals surface area contributed by atoms with Crippen molar-refractivity contribution < 1.29 is 13.5 Å². The zero-order valence-corrected chi connectivity index (χ0v) is 24.7. The molecule has 2 aliphatic heterocycles. The van der Waals surface area contributed by atoms with Gasteiger partial charge in [0.25, 0.3) is 0 Å². The second kappa shape index (κ2) is 12.6. The number of benzene rings is 2. The van der Waals surface area contributed by atoms with Gasteiger partial charge in [0.05, 0.1) is 5.69 Å². The number of nitrogens with two attached hydrogens (primary N) is 1. The first kappa shape index (κ1) is 29.0. The summed E-state index contributed by atoms with van der Waals surface area (Å²) in [5.74, 6) is 0.146. The van der Waals surface area contributed by atoms with Crippen LogP contribution in [0.25, 0.3) is 11.3 Å². The minimum absolute atomic E-state index is 0.169.